The van der Waals surface area contributed by atoms with Crippen molar-refractivity contribution in [3.8, 4) is 11.8 Å². The predicted octanol–water partition coefficient (Wildman–Crippen LogP) is 4.25. The van der Waals surface area contributed by atoms with Gasteiger partial charge in [0.1, 0.15) is 0 Å². The van der Waals surface area contributed by atoms with E-state index in [1.54, 1.807) is 12.1 Å². The van der Waals surface area contributed by atoms with Gasteiger partial charge in [-0.3, -0.25) is 12.9 Å². The molecule has 1 heterocycles. The third-order valence-electron chi connectivity index (χ3n) is 4.67. The normalized spacial score (nSPS) is 10.7. The van der Waals surface area contributed by atoms with E-state index in [1.165, 1.54) is 21.9 Å². The Hall–Kier alpha value is -3.27. The molecule has 4 aromatic rings. The summed E-state index contributed by atoms with van der Waals surface area (Å²) in [7, 11) is -3.67. The Balaban J connectivity index is 0.000000631. The predicted molar refractivity (Wildman–Crippen MR) is 112 cm³/mol. The molecule has 0 saturated carbocycles. The van der Waals surface area contributed by atoms with Crippen LogP contribution in [-0.2, 0) is 0 Å². The molecule has 0 aliphatic heterocycles. The summed E-state index contributed by atoms with van der Waals surface area (Å²) in [5.41, 5.74) is 7.36. The van der Waals surface area contributed by atoms with Gasteiger partial charge in [0.2, 0.25) is 0 Å². The Labute approximate surface area is 174 Å². The highest BCUT2D eigenvalue weighted by Crippen LogP contribution is 2.42. The minimum absolute atomic E-state index is 0. The highest BCUT2D eigenvalue weighted by Gasteiger charge is 2.24. The highest BCUT2D eigenvalue weighted by atomic mass is 19.4. The number of aryl methyl sites for hydroxylation is 4. The molecule has 0 atom stereocenters. The van der Waals surface area contributed by atoms with Crippen molar-refractivity contribution in [1.29, 1.82) is 5.26 Å². The summed E-state index contributed by atoms with van der Waals surface area (Å²) in [5, 5.41) is 11.5. The van der Waals surface area contributed by atoms with Crippen LogP contribution in [0.3, 0.4) is 0 Å². The van der Waals surface area contributed by atoms with Crippen molar-refractivity contribution in [2.45, 2.75) is 27.7 Å². The maximum Gasteiger partial charge on any atom is 0.762 e. The number of halogens is 4. The third kappa shape index (κ3) is 4.33. The molecule has 0 saturated heterocycles. The van der Waals surface area contributed by atoms with Crippen LogP contribution in [0.1, 0.15) is 29.2 Å². The Morgan fingerprint density at radius 2 is 1.33 bits per heavy atom. The fraction of sp³-hybridized carbons (Fsp3) is 0.174. The molecule has 4 rings (SSSR count). The van der Waals surface area contributed by atoms with E-state index >= 15 is 0 Å². The van der Waals surface area contributed by atoms with Crippen LogP contribution in [0, 0.1) is 39.0 Å². The summed E-state index contributed by atoms with van der Waals surface area (Å²) < 4.78 is 40.7. The minimum atomic E-state index is -3.67. The number of benzene rings is 3. The van der Waals surface area contributed by atoms with Gasteiger partial charge in [0.15, 0.2) is 0 Å². The first-order valence-corrected chi connectivity index (χ1v) is 9.04. The molecule has 0 unspecified atom stereocenters. The minimum Gasteiger partial charge on any atom is -1.00 e. The lowest BCUT2D eigenvalue weighted by Gasteiger charge is -2.07. The second-order valence-corrected chi connectivity index (χ2v) is 7.02. The van der Waals surface area contributed by atoms with Gasteiger partial charge in [-0.25, -0.2) is 0 Å². The first-order chi connectivity index (χ1) is 14.1. The summed E-state index contributed by atoms with van der Waals surface area (Å²) in [6.07, 6.45) is 0. The van der Waals surface area contributed by atoms with Crippen LogP contribution in [0.4, 0.5) is 12.9 Å². The molecule has 30 heavy (non-hydrogen) atoms. The van der Waals surface area contributed by atoms with E-state index in [0.29, 0.717) is 11.6 Å². The Kier molecular flexibility index (Phi) is 6.46. The molecule has 0 bridgehead atoms. The number of nitriles is 1. The fourth-order valence-electron chi connectivity index (χ4n) is 3.78. The van der Waals surface area contributed by atoms with Gasteiger partial charge in [0, 0.05) is 23.2 Å². The van der Waals surface area contributed by atoms with Crippen molar-refractivity contribution >= 4 is 29.5 Å². The molecule has 2 nitrogen and oxygen atoms in total. The summed E-state index contributed by atoms with van der Waals surface area (Å²) >= 11 is 0. The van der Waals surface area contributed by atoms with Crippen LogP contribution in [0.5, 0.6) is 0 Å². The van der Waals surface area contributed by atoms with Crippen LogP contribution in [0.25, 0.3) is 27.7 Å². The van der Waals surface area contributed by atoms with Crippen LogP contribution < -0.4 is 4.70 Å². The van der Waals surface area contributed by atoms with Crippen molar-refractivity contribution in [1.82, 2.24) is 0 Å². The Morgan fingerprint density at radius 1 is 0.867 bits per heavy atom. The number of rotatable bonds is 1. The van der Waals surface area contributed by atoms with E-state index in [-0.39, 0.29) is 4.70 Å². The lowest BCUT2D eigenvalue weighted by molar-refractivity contribution is -0.00000943. The Bertz CT molecular complexity index is 1240. The molecule has 154 valence electrons. The number of furan rings is 1. The van der Waals surface area contributed by atoms with Crippen LogP contribution in [0.15, 0.2) is 52.6 Å². The maximum absolute atomic E-state index is 9.67. The van der Waals surface area contributed by atoms with E-state index in [9.17, 15) is 12.9 Å². The second kappa shape index (κ2) is 9.04. The summed E-state index contributed by atoms with van der Waals surface area (Å²) in [6, 6.07) is 16.4. The van der Waals surface area contributed by atoms with Gasteiger partial charge in [-0.15, -0.1) is 0 Å². The smallest absolute Gasteiger partial charge is 0.762 e. The number of hydrogen-bond donors (Lipinski definition) is 0. The van der Waals surface area contributed by atoms with Crippen molar-refractivity contribution in [2.24, 2.45) is 0 Å². The Morgan fingerprint density at radius 3 is 1.73 bits per heavy atom. The van der Waals surface area contributed by atoms with Crippen molar-refractivity contribution in [3.63, 3.8) is 0 Å². The van der Waals surface area contributed by atoms with Gasteiger partial charge >= 0.3 is 7.54 Å². The average molecular weight is 414 g/mol. The number of hydrogen-bond acceptors (Lipinski definition) is 1. The monoisotopic (exact) mass is 414 g/mol. The first-order valence-electron chi connectivity index (χ1n) is 9.54. The zero-order valence-electron chi connectivity index (χ0n) is 18.0. The second-order valence-electron chi connectivity index (χ2n) is 7.02. The van der Waals surface area contributed by atoms with Crippen molar-refractivity contribution < 1.29 is 23.1 Å². The maximum atomic E-state index is 9.67. The highest BCUT2D eigenvalue weighted by molar-refractivity contribution is 6.33. The average Bonchev–Trinajstić information content (AvgIpc) is 2.95. The lowest BCUT2D eigenvalue weighted by Crippen LogP contribution is -3.00. The molecule has 0 amide bonds. The van der Waals surface area contributed by atoms with Crippen LogP contribution in [0.2, 0.25) is 0 Å². The van der Waals surface area contributed by atoms with Gasteiger partial charge in [-0.1, -0.05) is 0 Å². The molecule has 0 spiro atoms. The number of fused-ring (bicyclic) bond motifs is 3. The largest absolute Gasteiger partial charge is 1.00 e. The molecule has 3 aromatic carbocycles. The zero-order chi connectivity index (χ0) is 22.2. The van der Waals surface area contributed by atoms with E-state index < -0.39 is 7.54 Å². The SMILES string of the molecule is FB(F)F.[2H]c1cc(C#N)ccc1-[o+]1c2c(C)cc(C)cc2c2cc(C)cc(C)c21.[F-]. The topological polar surface area (TPSA) is 26.5 Å². The summed E-state index contributed by atoms with van der Waals surface area (Å²) in [5.74, 6) is 0.725. The molecule has 0 fully saturated rings. The summed E-state index contributed by atoms with van der Waals surface area (Å²) in [6.45, 7) is 8.43. The van der Waals surface area contributed by atoms with Gasteiger partial charge in [0.05, 0.1) is 23.8 Å². The standard InChI is InChI=1S/C23H20NO.BF3.FH/c1-14-9-16(3)22-20(11-14)21-12-15(2)10-17(4)23(21)25(22)19-7-5-18(13-24)6-8-19;2-1(3)4;/h5-12H,1-4H3;;1H/q+1;;/p-1/i7D;;. The van der Waals surface area contributed by atoms with Gasteiger partial charge in [-0.2, -0.15) is 5.26 Å². The lowest BCUT2D eigenvalue weighted by atomic mass is 10.0. The summed E-state index contributed by atoms with van der Waals surface area (Å²) in [4.78, 5) is 0. The molecule has 7 heteroatoms. The quantitative estimate of drug-likeness (QED) is 0.260. The van der Waals surface area contributed by atoms with Crippen molar-refractivity contribution in [2.75, 3.05) is 0 Å². The molecule has 0 N–H and O–H groups in total. The van der Waals surface area contributed by atoms with E-state index in [4.69, 9.17) is 6.63 Å². The van der Waals surface area contributed by atoms with E-state index in [0.717, 1.165) is 28.0 Å². The van der Waals surface area contributed by atoms with E-state index in [1.807, 2.05) is 6.07 Å². The molecular weight excluding hydrogens is 393 g/mol. The zero-order valence-corrected chi connectivity index (χ0v) is 17.0. The molecular formula is C23H20BF4NO. The van der Waals surface area contributed by atoms with Gasteiger partial charge in [-0.05, 0) is 75.2 Å². The van der Waals surface area contributed by atoms with Gasteiger partial charge in [0.25, 0.3) is 16.9 Å². The fourth-order valence-corrected chi connectivity index (χ4v) is 3.78. The molecule has 0 aliphatic carbocycles. The van der Waals surface area contributed by atoms with E-state index in [2.05, 4.69) is 62.1 Å². The molecule has 1 aromatic heterocycles. The molecule has 0 aliphatic rings. The number of nitrogens with zero attached hydrogens (tertiary/aromatic N) is 1. The molecule has 0 radical (unpaired) electrons. The van der Waals surface area contributed by atoms with Crippen LogP contribution in [-0.4, -0.2) is 7.54 Å². The first kappa shape index (κ1) is 21.4. The van der Waals surface area contributed by atoms with Crippen molar-refractivity contribution in [3.05, 3.63) is 76.3 Å². The van der Waals surface area contributed by atoms with Crippen LogP contribution >= 0.6 is 0 Å². The third-order valence-corrected chi connectivity index (χ3v) is 4.67. The van der Waals surface area contributed by atoms with Gasteiger partial charge < -0.3 is 8.75 Å².